The lowest BCUT2D eigenvalue weighted by Gasteiger charge is -2.21. The van der Waals surface area contributed by atoms with Gasteiger partial charge in [-0.3, -0.25) is 4.79 Å². The number of carbonyl (C=O) groups excluding carboxylic acids is 2. The summed E-state index contributed by atoms with van der Waals surface area (Å²) in [5, 5.41) is 2.59. The molecule has 0 aromatic heterocycles. The van der Waals surface area contributed by atoms with Crippen LogP contribution in [0.25, 0.3) is 0 Å². The second-order valence-electron chi connectivity index (χ2n) is 6.29. The number of benzene rings is 1. The van der Waals surface area contributed by atoms with E-state index in [1.165, 1.54) is 12.0 Å². The van der Waals surface area contributed by atoms with Crippen LogP contribution in [0.15, 0.2) is 24.3 Å². The molecular weight excluding hydrogens is 394 g/mol. The fourth-order valence-electron chi connectivity index (χ4n) is 2.85. The van der Waals surface area contributed by atoms with Crippen LogP contribution in [0.5, 0.6) is 0 Å². The summed E-state index contributed by atoms with van der Waals surface area (Å²) in [5.74, 6) is 1.30. The standard InChI is InChI=1S/C17H21NO5S3/c19-15(18-14-6-9-26(21,22)11-14)10-23-16(20)12-2-4-13(5-3-12)17-24-7-1-8-25-17/h2-5,14,17H,1,6-11H2,(H,18,19)/t14-/m0/s1. The maximum absolute atomic E-state index is 12.1. The van der Waals surface area contributed by atoms with E-state index in [4.69, 9.17) is 4.74 Å². The van der Waals surface area contributed by atoms with Crippen LogP contribution in [0, 0.1) is 0 Å². The Hall–Kier alpha value is -1.19. The van der Waals surface area contributed by atoms with Gasteiger partial charge >= 0.3 is 5.97 Å². The highest BCUT2D eigenvalue weighted by atomic mass is 32.2. The summed E-state index contributed by atoms with van der Waals surface area (Å²) in [6.07, 6.45) is 1.63. The van der Waals surface area contributed by atoms with Crippen LogP contribution in [0.4, 0.5) is 0 Å². The third-order valence-electron chi connectivity index (χ3n) is 4.18. The lowest BCUT2D eigenvalue weighted by Crippen LogP contribution is -2.38. The van der Waals surface area contributed by atoms with Crippen molar-refractivity contribution >= 4 is 45.2 Å². The molecule has 2 aliphatic heterocycles. The summed E-state index contributed by atoms with van der Waals surface area (Å²) in [7, 11) is -3.05. The van der Waals surface area contributed by atoms with E-state index in [2.05, 4.69) is 5.32 Å². The van der Waals surface area contributed by atoms with Crippen molar-refractivity contribution in [2.24, 2.45) is 0 Å². The Morgan fingerprint density at radius 2 is 1.85 bits per heavy atom. The number of hydrogen-bond donors (Lipinski definition) is 1. The van der Waals surface area contributed by atoms with Crippen molar-refractivity contribution in [1.82, 2.24) is 5.32 Å². The zero-order valence-electron chi connectivity index (χ0n) is 14.2. The second-order valence-corrected chi connectivity index (χ2v) is 11.2. The Balaban J connectivity index is 1.46. The molecule has 2 heterocycles. The minimum absolute atomic E-state index is 0.0503. The molecule has 0 aliphatic carbocycles. The highest BCUT2D eigenvalue weighted by molar-refractivity contribution is 8.16. The monoisotopic (exact) mass is 415 g/mol. The molecule has 0 bridgehead atoms. The minimum atomic E-state index is -3.05. The molecule has 0 spiro atoms. The average molecular weight is 416 g/mol. The first-order valence-corrected chi connectivity index (χ1v) is 12.3. The quantitative estimate of drug-likeness (QED) is 0.736. The van der Waals surface area contributed by atoms with Gasteiger partial charge in [-0.25, -0.2) is 13.2 Å². The summed E-state index contributed by atoms with van der Waals surface area (Å²) in [6, 6.07) is 6.89. The van der Waals surface area contributed by atoms with Crippen molar-refractivity contribution < 1.29 is 22.7 Å². The largest absolute Gasteiger partial charge is 0.452 e. The van der Waals surface area contributed by atoms with Crippen LogP contribution in [0.3, 0.4) is 0 Å². The molecule has 1 amide bonds. The first-order valence-electron chi connectivity index (χ1n) is 8.43. The van der Waals surface area contributed by atoms with E-state index < -0.39 is 34.4 Å². The molecule has 1 atom stereocenters. The predicted molar refractivity (Wildman–Crippen MR) is 104 cm³/mol. The van der Waals surface area contributed by atoms with E-state index in [1.807, 2.05) is 35.7 Å². The van der Waals surface area contributed by atoms with Gasteiger partial charge in [0.25, 0.3) is 5.91 Å². The van der Waals surface area contributed by atoms with Gasteiger partial charge in [0, 0.05) is 6.04 Å². The molecule has 0 saturated carbocycles. The van der Waals surface area contributed by atoms with Crippen molar-refractivity contribution in [2.75, 3.05) is 29.6 Å². The lowest BCUT2D eigenvalue weighted by atomic mass is 10.1. The number of nitrogens with one attached hydrogen (secondary N) is 1. The van der Waals surface area contributed by atoms with Gasteiger partial charge in [-0.2, -0.15) is 0 Å². The number of sulfone groups is 1. The summed E-state index contributed by atoms with van der Waals surface area (Å²) in [6.45, 7) is -0.411. The Kier molecular flexibility index (Phi) is 6.52. The Bertz CT molecular complexity index is 757. The zero-order valence-corrected chi connectivity index (χ0v) is 16.6. The molecule has 2 fully saturated rings. The van der Waals surface area contributed by atoms with Crippen LogP contribution in [-0.4, -0.2) is 56.0 Å². The molecule has 0 radical (unpaired) electrons. The molecule has 26 heavy (non-hydrogen) atoms. The number of hydrogen-bond acceptors (Lipinski definition) is 7. The van der Waals surface area contributed by atoms with Crippen LogP contribution >= 0.6 is 23.5 Å². The van der Waals surface area contributed by atoms with Crippen molar-refractivity contribution in [3.8, 4) is 0 Å². The van der Waals surface area contributed by atoms with Gasteiger partial charge < -0.3 is 10.1 Å². The van der Waals surface area contributed by atoms with Crippen LogP contribution < -0.4 is 5.32 Å². The Labute approximate surface area is 161 Å². The fraction of sp³-hybridized carbons (Fsp3) is 0.529. The molecule has 2 aliphatic rings. The number of amides is 1. The van der Waals surface area contributed by atoms with Crippen LogP contribution in [-0.2, 0) is 19.4 Å². The normalized spacial score (nSPS) is 22.7. The van der Waals surface area contributed by atoms with Crippen molar-refractivity contribution in [3.05, 3.63) is 35.4 Å². The van der Waals surface area contributed by atoms with Crippen molar-refractivity contribution in [1.29, 1.82) is 0 Å². The van der Waals surface area contributed by atoms with Gasteiger partial charge in [0.15, 0.2) is 16.4 Å². The van der Waals surface area contributed by atoms with E-state index >= 15 is 0 Å². The third-order valence-corrected chi connectivity index (χ3v) is 8.96. The highest BCUT2D eigenvalue weighted by Crippen LogP contribution is 2.43. The SMILES string of the molecule is O=C(COC(=O)c1ccc(C2SCCCS2)cc1)N[C@H]1CCS(=O)(=O)C1. The molecule has 1 N–H and O–H groups in total. The van der Waals surface area contributed by atoms with Gasteiger partial charge in [-0.15, -0.1) is 23.5 Å². The number of ether oxygens (including phenoxy) is 1. The summed E-state index contributed by atoms with van der Waals surface area (Å²) in [4.78, 5) is 23.9. The number of thioether (sulfide) groups is 2. The second kappa shape index (κ2) is 8.67. The predicted octanol–water partition coefficient (Wildman–Crippen LogP) is 2.02. The van der Waals surface area contributed by atoms with Crippen LogP contribution in [0.1, 0.15) is 33.3 Å². The Morgan fingerprint density at radius 3 is 2.46 bits per heavy atom. The molecule has 1 aromatic rings. The molecule has 6 nitrogen and oxygen atoms in total. The zero-order chi connectivity index (χ0) is 18.6. The maximum atomic E-state index is 12.1. The molecule has 1 aromatic carbocycles. The van der Waals surface area contributed by atoms with Gasteiger partial charge in [-0.05, 0) is 42.0 Å². The van der Waals surface area contributed by atoms with E-state index in [-0.39, 0.29) is 11.5 Å². The third kappa shape index (κ3) is 5.40. The fourth-order valence-corrected chi connectivity index (χ4v) is 7.42. The molecule has 9 heteroatoms. The smallest absolute Gasteiger partial charge is 0.338 e. The molecule has 0 unspecified atom stereocenters. The highest BCUT2D eigenvalue weighted by Gasteiger charge is 2.29. The van der Waals surface area contributed by atoms with Gasteiger partial charge in [0.05, 0.1) is 21.7 Å². The number of carbonyl (C=O) groups is 2. The molecule has 142 valence electrons. The molecular formula is C17H21NO5S3. The number of rotatable bonds is 5. The molecule has 2 saturated heterocycles. The van der Waals surface area contributed by atoms with E-state index in [9.17, 15) is 18.0 Å². The average Bonchev–Trinajstić information content (AvgIpc) is 2.99. The summed E-state index contributed by atoms with van der Waals surface area (Å²) >= 11 is 3.82. The summed E-state index contributed by atoms with van der Waals surface area (Å²) < 4.78 is 28.2. The van der Waals surface area contributed by atoms with Crippen molar-refractivity contribution in [2.45, 2.75) is 23.5 Å². The first kappa shape index (κ1) is 19.6. The van der Waals surface area contributed by atoms with Crippen molar-refractivity contribution in [3.63, 3.8) is 0 Å². The first-order chi connectivity index (χ1) is 12.4. The van der Waals surface area contributed by atoms with E-state index in [0.29, 0.717) is 16.6 Å². The van der Waals surface area contributed by atoms with E-state index in [1.54, 1.807) is 12.1 Å². The topological polar surface area (TPSA) is 89.5 Å². The van der Waals surface area contributed by atoms with Crippen LogP contribution in [0.2, 0.25) is 0 Å². The van der Waals surface area contributed by atoms with Gasteiger partial charge in [-0.1, -0.05) is 12.1 Å². The molecule has 3 rings (SSSR count). The lowest BCUT2D eigenvalue weighted by molar-refractivity contribution is -0.124. The van der Waals surface area contributed by atoms with Gasteiger partial charge in [0.2, 0.25) is 0 Å². The number of esters is 1. The minimum Gasteiger partial charge on any atom is -0.452 e. The van der Waals surface area contributed by atoms with E-state index in [0.717, 1.165) is 11.5 Å². The Morgan fingerprint density at radius 1 is 1.15 bits per heavy atom. The van der Waals surface area contributed by atoms with Gasteiger partial charge in [0.1, 0.15) is 0 Å². The maximum Gasteiger partial charge on any atom is 0.338 e. The summed E-state index contributed by atoms with van der Waals surface area (Å²) in [5.41, 5.74) is 1.58.